The number of aliphatic carboxylic acids is 1. The molecule has 0 fully saturated rings. The minimum absolute atomic E-state index is 0.0362. The number of carboxylic acids is 1. The summed E-state index contributed by atoms with van der Waals surface area (Å²) in [5.74, 6) is -1.05. The lowest BCUT2D eigenvalue weighted by Gasteiger charge is -2.11. The lowest BCUT2D eigenvalue weighted by atomic mass is 10.1. The molecule has 0 aliphatic rings. The van der Waals surface area contributed by atoms with Crippen LogP contribution in [0.1, 0.15) is 5.56 Å². The van der Waals surface area contributed by atoms with Gasteiger partial charge in [-0.05, 0) is 11.6 Å². The molecule has 0 aliphatic carbocycles. The monoisotopic (exact) mass is 254 g/mol. The fourth-order valence-corrected chi connectivity index (χ4v) is 1.47. The van der Waals surface area contributed by atoms with Crippen molar-refractivity contribution in [3.63, 3.8) is 0 Å². The Kier molecular flexibility index (Phi) is 5.41. The Hall–Kier alpha value is -1.79. The number of phenolic OH excluding ortho intramolecular Hbond substituents is 1. The Morgan fingerprint density at radius 3 is 2.83 bits per heavy atom. The molecule has 0 spiro atoms. The predicted octanol–water partition coefficient (Wildman–Crippen LogP) is 0.405. The minimum atomic E-state index is -1.09. The molecule has 0 saturated heterocycles. The average molecular weight is 254 g/mol. The van der Waals surface area contributed by atoms with E-state index in [9.17, 15) is 9.90 Å². The van der Waals surface area contributed by atoms with Crippen LogP contribution in [-0.2, 0) is 16.0 Å². The molecular formula is C12H18N2O4. The quantitative estimate of drug-likeness (QED) is 0.525. The third-order valence-electron chi connectivity index (χ3n) is 2.48. The summed E-state index contributed by atoms with van der Waals surface area (Å²) in [4.78, 5) is 10.6. The van der Waals surface area contributed by atoms with Crippen molar-refractivity contribution in [2.45, 2.75) is 12.5 Å². The maximum atomic E-state index is 10.6. The average Bonchev–Trinajstić information content (AvgIpc) is 2.32. The van der Waals surface area contributed by atoms with Crippen LogP contribution in [0, 0.1) is 0 Å². The first-order valence-corrected chi connectivity index (χ1v) is 5.57. The second-order valence-electron chi connectivity index (χ2n) is 3.91. The minimum Gasteiger partial charge on any atom is -0.508 e. The standard InChI is InChI=1S/C12H18N2O4/c1-18-5-4-14-9-3-2-8(11(15)7-9)6-10(13)12(16)17/h2-3,7,10,14-15H,4-6,13H2,1H3,(H,16,17). The largest absolute Gasteiger partial charge is 0.508 e. The molecule has 6 nitrogen and oxygen atoms in total. The molecule has 1 rings (SSSR count). The number of carbonyl (C=O) groups is 1. The zero-order chi connectivity index (χ0) is 13.5. The number of phenols is 1. The molecule has 0 aromatic heterocycles. The number of hydrogen-bond donors (Lipinski definition) is 4. The van der Waals surface area contributed by atoms with Crippen LogP contribution in [0.5, 0.6) is 5.75 Å². The van der Waals surface area contributed by atoms with Crippen LogP contribution in [-0.4, -0.2) is 42.5 Å². The van der Waals surface area contributed by atoms with E-state index < -0.39 is 12.0 Å². The van der Waals surface area contributed by atoms with E-state index in [0.717, 1.165) is 5.69 Å². The van der Waals surface area contributed by atoms with Crippen molar-refractivity contribution in [1.29, 1.82) is 0 Å². The third-order valence-corrected chi connectivity index (χ3v) is 2.48. The van der Waals surface area contributed by atoms with Crippen LogP contribution in [0.4, 0.5) is 5.69 Å². The van der Waals surface area contributed by atoms with E-state index in [4.69, 9.17) is 15.6 Å². The van der Waals surface area contributed by atoms with Crippen LogP contribution >= 0.6 is 0 Å². The van der Waals surface area contributed by atoms with Crippen molar-refractivity contribution in [1.82, 2.24) is 0 Å². The highest BCUT2D eigenvalue weighted by atomic mass is 16.5. The molecule has 0 bridgehead atoms. The maximum absolute atomic E-state index is 10.6. The number of methoxy groups -OCH3 is 1. The molecule has 0 radical (unpaired) electrons. The number of ether oxygens (including phenoxy) is 1. The van der Waals surface area contributed by atoms with Crippen LogP contribution in [0.15, 0.2) is 18.2 Å². The topological polar surface area (TPSA) is 105 Å². The van der Waals surface area contributed by atoms with Crippen LogP contribution < -0.4 is 11.1 Å². The Balaban J connectivity index is 2.64. The van der Waals surface area contributed by atoms with Crippen molar-refractivity contribution < 1.29 is 19.7 Å². The highest BCUT2D eigenvalue weighted by molar-refractivity contribution is 5.73. The summed E-state index contributed by atoms with van der Waals surface area (Å²) in [6.07, 6.45) is 0.0967. The van der Waals surface area contributed by atoms with Gasteiger partial charge in [-0.3, -0.25) is 4.79 Å². The van der Waals surface area contributed by atoms with Crippen molar-refractivity contribution >= 4 is 11.7 Å². The fourth-order valence-electron chi connectivity index (χ4n) is 1.47. The number of aromatic hydroxyl groups is 1. The summed E-state index contributed by atoms with van der Waals surface area (Å²) in [7, 11) is 1.61. The number of nitrogens with two attached hydrogens (primary N) is 1. The molecule has 18 heavy (non-hydrogen) atoms. The summed E-state index contributed by atoms with van der Waals surface area (Å²) in [5, 5.41) is 21.5. The van der Waals surface area contributed by atoms with E-state index in [1.165, 1.54) is 0 Å². The van der Waals surface area contributed by atoms with Gasteiger partial charge in [0.15, 0.2) is 0 Å². The first-order valence-electron chi connectivity index (χ1n) is 5.57. The van der Waals surface area contributed by atoms with Gasteiger partial charge in [-0.2, -0.15) is 0 Å². The van der Waals surface area contributed by atoms with Crippen LogP contribution in [0.2, 0.25) is 0 Å². The molecule has 1 aromatic rings. The van der Waals surface area contributed by atoms with Gasteiger partial charge in [-0.15, -0.1) is 0 Å². The number of hydrogen-bond acceptors (Lipinski definition) is 5. The van der Waals surface area contributed by atoms with Crippen LogP contribution in [0.3, 0.4) is 0 Å². The van der Waals surface area contributed by atoms with Crippen LogP contribution in [0.25, 0.3) is 0 Å². The molecule has 0 saturated carbocycles. The fraction of sp³-hybridized carbons (Fsp3) is 0.417. The van der Waals surface area contributed by atoms with Gasteiger partial charge in [-0.1, -0.05) is 6.07 Å². The second-order valence-corrected chi connectivity index (χ2v) is 3.91. The SMILES string of the molecule is COCCNc1ccc(CC(N)C(=O)O)c(O)c1. The molecule has 5 N–H and O–H groups in total. The lowest BCUT2D eigenvalue weighted by Crippen LogP contribution is -2.32. The van der Waals surface area contributed by atoms with Gasteiger partial charge >= 0.3 is 5.97 Å². The number of nitrogens with one attached hydrogen (secondary N) is 1. The van der Waals surface area contributed by atoms with E-state index in [2.05, 4.69) is 5.32 Å². The Bertz CT molecular complexity index is 409. The summed E-state index contributed by atoms with van der Waals surface area (Å²) in [5.41, 5.74) is 6.67. The molecule has 0 heterocycles. The van der Waals surface area contributed by atoms with Gasteiger partial charge < -0.3 is 26.0 Å². The molecule has 100 valence electrons. The van der Waals surface area contributed by atoms with E-state index >= 15 is 0 Å². The number of rotatable bonds is 7. The Labute approximate surface area is 105 Å². The van der Waals surface area contributed by atoms with E-state index in [1.807, 2.05) is 0 Å². The first kappa shape index (κ1) is 14.3. The first-order chi connectivity index (χ1) is 8.54. The number of anilines is 1. The second kappa shape index (κ2) is 6.83. The number of carboxylic acid groups (broad SMARTS) is 1. The predicted molar refractivity (Wildman–Crippen MR) is 67.8 cm³/mol. The van der Waals surface area contributed by atoms with Crippen molar-refractivity contribution in [3.05, 3.63) is 23.8 Å². The van der Waals surface area contributed by atoms with Gasteiger partial charge in [0.2, 0.25) is 0 Å². The molecule has 0 amide bonds. The summed E-state index contributed by atoms with van der Waals surface area (Å²) < 4.78 is 4.89. The summed E-state index contributed by atoms with van der Waals surface area (Å²) in [6, 6.07) is 3.95. The summed E-state index contributed by atoms with van der Waals surface area (Å²) in [6.45, 7) is 1.19. The highest BCUT2D eigenvalue weighted by Crippen LogP contribution is 2.22. The van der Waals surface area contributed by atoms with E-state index in [1.54, 1.807) is 25.3 Å². The smallest absolute Gasteiger partial charge is 0.320 e. The maximum Gasteiger partial charge on any atom is 0.320 e. The highest BCUT2D eigenvalue weighted by Gasteiger charge is 2.14. The van der Waals surface area contributed by atoms with E-state index in [0.29, 0.717) is 18.7 Å². The summed E-state index contributed by atoms with van der Waals surface area (Å²) >= 11 is 0. The third kappa shape index (κ3) is 4.23. The van der Waals surface area contributed by atoms with Gasteiger partial charge in [-0.25, -0.2) is 0 Å². The molecular weight excluding hydrogens is 236 g/mol. The normalized spacial score (nSPS) is 12.1. The van der Waals surface area contributed by atoms with Gasteiger partial charge in [0.1, 0.15) is 11.8 Å². The molecule has 1 atom stereocenters. The van der Waals surface area contributed by atoms with Gasteiger partial charge in [0.25, 0.3) is 0 Å². The van der Waals surface area contributed by atoms with Gasteiger partial charge in [0.05, 0.1) is 6.61 Å². The Morgan fingerprint density at radius 2 is 2.28 bits per heavy atom. The van der Waals surface area contributed by atoms with E-state index in [-0.39, 0.29) is 12.2 Å². The lowest BCUT2D eigenvalue weighted by molar-refractivity contribution is -0.138. The Morgan fingerprint density at radius 1 is 1.56 bits per heavy atom. The van der Waals surface area contributed by atoms with Crippen molar-refractivity contribution in [3.8, 4) is 5.75 Å². The number of benzene rings is 1. The molecule has 6 heteroatoms. The van der Waals surface area contributed by atoms with Crippen molar-refractivity contribution in [2.75, 3.05) is 25.6 Å². The molecule has 0 aliphatic heterocycles. The van der Waals surface area contributed by atoms with Crippen molar-refractivity contribution in [2.24, 2.45) is 5.73 Å². The van der Waals surface area contributed by atoms with Gasteiger partial charge in [0, 0.05) is 31.8 Å². The zero-order valence-corrected chi connectivity index (χ0v) is 10.2. The molecule has 1 aromatic carbocycles. The molecule has 1 unspecified atom stereocenters. The zero-order valence-electron chi connectivity index (χ0n) is 10.2.